The molecule has 0 bridgehead atoms. The number of hydrogen-bond acceptors (Lipinski definition) is 8. The Bertz CT molecular complexity index is 1230. The molecule has 0 spiro atoms. The molecule has 3 aromatic rings. The standard InChI is InChI=1S/C22H19N6O4S/c1-15-4-8-17(9-5-15)27-21(19-3-2-12-32-19)25-26-22(27)33-14-20(29)24-23-13-16-6-10-18(11-7-16)28(30)31/h2-13,23H,14H2,1H3,(H-,24,29,30,31)/q-1. The van der Waals surface area contributed by atoms with Gasteiger partial charge in [-0.25, -0.2) is 0 Å². The molecule has 33 heavy (non-hydrogen) atoms. The molecule has 168 valence electrons. The van der Waals surface area contributed by atoms with Crippen molar-refractivity contribution in [2.45, 2.75) is 12.1 Å². The minimum atomic E-state index is -0.469. The molecule has 0 aliphatic heterocycles. The lowest BCUT2D eigenvalue weighted by Crippen LogP contribution is -2.35. The third-order valence-corrected chi connectivity index (χ3v) is 5.48. The first-order valence-corrected chi connectivity index (χ1v) is 10.8. The third kappa shape index (κ3) is 5.33. The van der Waals surface area contributed by atoms with E-state index in [0.717, 1.165) is 11.3 Å². The minimum absolute atomic E-state index is 0.000749. The van der Waals surface area contributed by atoms with Gasteiger partial charge in [0, 0.05) is 24.0 Å². The highest BCUT2D eigenvalue weighted by Crippen LogP contribution is 2.28. The van der Waals surface area contributed by atoms with Crippen LogP contribution in [0.5, 0.6) is 0 Å². The summed E-state index contributed by atoms with van der Waals surface area (Å²) in [6.45, 7) is 2.00. The number of carbonyl (C=O) groups excluding carboxylic acids is 1. The van der Waals surface area contributed by atoms with Crippen LogP contribution < -0.4 is 10.9 Å². The second-order valence-corrected chi connectivity index (χ2v) is 7.87. The van der Waals surface area contributed by atoms with Gasteiger partial charge in [0.2, 0.25) is 17.4 Å². The van der Waals surface area contributed by atoms with Crippen molar-refractivity contribution in [3.8, 4) is 17.3 Å². The summed E-state index contributed by atoms with van der Waals surface area (Å²) in [5, 5.41) is 30.5. The van der Waals surface area contributed by atoms with Crippen LogP contribution in [0.2, 0.25) is 0 Å². The first kappa shape index (κ1) is 22.0. The maximum Gasteiger partial charge on any atom is 0.248 e. The normalized spacial score (nSPS) is 12.6. The second-order valence-electron chi connectivity index (χ2n) is 6.93. The quantitative estimate of drug-likeness (QED) is 0.310. The van der Waals surface area contributed by atoms with Crippen LogP contribution in [0.15, 0.2) is 88.3 Å². The van der Waals surface area contributed by atoms with Gasteiger partial charge in [-0.1, -0.05) is 29.5 Å². The molecule has 11 heteroatoms. The molecule has 0 atom stereocenters. The molecule has 1 aromatic carbocycles. The zero-order chi connectivity index (χ0) is 23.2. The summed E-state index contributed by atoms with van der Waals surface area (Å²) >= 11 is 1.23. The molecular weight excluding hydrogens is 444 g/mol. The van der Waals surface area contributed by atoms with Crippen LogP contribution in [0.25, 0.3) is 17.3 Å². The molecule has 2 N–H and O–H groups in total. The van der Waals surface area contributed by atoms with Gasteiger partial charge < -0.3 is 20.3 Å². The van der Waals surface area contributed by atoms with Crippen LogP contribution in [-0.2, 0) is 4.79 Å². The lowest BCUT2D eigenvalue weighted by atomic mass is 10.1. The molecule has 0 saturated heterocycles. The van der Waals surface area contributed by atoms with Gasteiger partial charge in [-0.3, -0.25) is 14.8 Å². The summed E-state index contributed by atoms with van der Waals surface area (Å²) in [7, 11) is 0. The third-order valence-electron chi connectivity index (χ3n) is 4.55. The van der Waals surface area contributed by atoms with Crippen LogP contribution >= 0.6 is 11.8 Å². The molecular formula is C22H19N6O4S-. The van der Waals surface area contributed by atoms with Gasteiger partial charge in [-0.2, -0.15) is 4.90 Å². The van der Waals surface area contributed by atoms with Crippen LogP contribution in [-0.4, -0.2) is 37.0 Å². The maximum absolute atomic E-state index is 12.3. The summed E-state index contributed by atoms with van der Waals surface area (Å²) in [4.78, 5) is 11.8. The highest BCUT2D eigenvalue weighted by atomic mass is 32.2. The lowest BCUT2D eigenvalue weighted by Gasteiger charge is -2.10. The molecule has 2 heterocycles. The average molecular weight is 463 g/mol. The molecule has 4 rings (SSSR count). The first-order valence-electron chi connectivity index (χ1n) is 9.82. The number of carbonyl (C=O) groups is 1. The van der Waals surface area contributed by atoms with E-state index in [4.69, 9.17) is 4.42 Å². The van der Waals surface area contributed by atoms with Crippen LogP contribution in [0.1, 0.15) is 5.56 Å². The largest absolute Gasteiger partial charge is 0.612 e. The predicted octanol–water partition coefficient (Wildman–Crippen LogP) is 3.01. The van der Waals surface area contributed by atoms with Crippen molar-refractivity contribution < 1.29 is 14.1 Å². The Morgan fingerprint density at radius 2 is 1.91 bits per heavy atom. The molecule has 0 fully saturated rings. The maximum atomic E-state index is 12.3. The summed E-state index contributed by atoms with van der Waals surface area (Å²) in [6.07, 6.45) is 9.03. The van der Waals surface area contributed by atoms with E-state index in [9.17, 15) is 15.2 Å². The van der Waals surface area contributed by atoms with E-state index < -0.39 is 4.90 Å². The van der Waals surface area contributed by atoms with E-state index >= 15 is 0 Å². The number of rotatable bonds is 7. The molecule has 1 aliphatic rings. The zero-order valence-corrected chi connectivity index (χ0v) is 18.3. The van der Waals surface area contributed by atoms with Crippen molar-refractivity contribution in [2.24, 2.45) is 0 Å². The van der Waals surface area contributed by atoms with Gasteiger partial charge in [0.1, 0.15) is 0 Å². The summed E-state index contributed by atoms with van der Waals surface area (Å²) < 4.78 is 7.34. The van der Waals surface area contributed by atoms with E-state index in [1.807, 2.05) is 35.8 Å². The molecule has 0 unspecified atom stereocenters. The number of nitrogens with zero attached hydrogens (tertiary/aromatic N) is 4. The van der Waals surface area contributed by atoms with E-state index in [0.29, 0.717) is 22.3 Å². The van der Waals surface area contributed by atoms with Gasteiger partial charge in [0.25, 0.3) is 0 Å². The fraction of sp³-hybridized carbons (Fsp3) is 0.0909. The van der Waals surface area contributed by atoms with Gasteiger partial charge in [-0.05, 0) is 48.9 Å². The average Bonchev–Trinajstić information content (AvgIpc) is 3.48. The molecule has 2 aromatic heterocycles. The molecule has 10 nitrogen and oxygen atoms in total. The topological polar surface area (TPSA) is 134 Å². The van der Waals surface area contributed by atoms with Gasteiger partial charge in [-0.15, -0.1) is 10.2 Å². The summed E-state index contributed by atoms with van der Waals surface area (Å²) in [5.41, 5.74) is 7.91. The van der Waals surface area contributed by atoms with Crippen molar-refractivity contribution in [2.75, 3.05) is 5.75 Å². The van der Waals surface area contributed by atoms with Crippen LogP contribution in [0.4, 0.5) is 0 Å². The van der Waals surface area contributed by atoms with Crippen molar-refractivity contribution in [3.63, 3.8) is 0 Å². The number of amides is 1. The zero-order valence-electron chi connectivity index (χ0n) is 17.5. The van der Waals surface area contributed by atoms with E-state index in [1.165, 1.54) is 30.1 Å². The van der Waals surface area contributed by atoms with Gasteiger partial charge in [0.15, 0.2) is 10.9 Å². The van der Waals surface area contributed by atoms with Crippen molar-refractivity contribution in [3.05, 3.63) is 94.7 Å². The number of aromatic nitrogens is 3. The number of aryl methyl sites for hydroxylation is 1. The predicted molar refractivity (Wildman–Crippen MR) is 124 cm³/mol. The monoisotopic (exact) mass is 463 g/mol. The van der Waals surface area contributed by atoms with E-state index in [2.05, 4.69) is 21.0 Å². The molecule has 1 amide bonds. The number of hydrazine groups is 1. The number of benzene rings is 1. The molecule has 1 aliphatic carbocycles. The fourth-order valence-electron chi connectivity index (χ4n) is 2.91. The number of allylic oxidation sites excluding steroid dienone is 5. The second kappa shape index (κ2) is 9.92. The van der Waals surface area contributed by atoms with Crippen molar-refractivity contribution in [1.82, 2.24) is 25.6 Å². The van der Waals surface area contributed by atoms with Crippen molar-refractivity contribution >= 4 is 23.4 Å². The smallest absolute Gasteiger partial charge is 0.248 e. The Morgan fingerprint density at radius 3 is 2.58 bits per heavy atom. The number of nitrogens with one attached hydrogen (secondary N) is 2. The lowest BCUT2D eigenvalue weighted by molar-refractivity contribution is -0.377. The Balaban J connectivity index is 1.41. The Kier molecular flexibility index (Phi) is 6.60. The highest BCUT2D eigenvalue weighted by Gasteiger charge is 2.18. The Hall–Kier alpha value is -4.25. The summed E-state index contributed by atoms with van der Waals surface area (Å²) in [5.74, 6) is 0.912. The number of hydrogen-bond donors (Lipinski definition) is 2. The van der Waals surface area contributed by atoms with Crippen LogP contribution in [0, 0.1) is 17.3 Å². The van der Waals surface area contributed by atoms with E-state index in [-0.39, 0.29) is 17.4 Å². The number of furan rings is 1. The van der Waals surface area contributed by atoms with Crippen LogP contribution in [0.3, 0.4) is 0 Å². The first-order chi connectivity index (χ1) is 16.0. The van der Waals surface area contributed by atoms with Crippen molar-refractivity contribution in [1.29, 1.82) is 0 Å². The molecule has 0 radical (unpaired) electrons. The Labute approximate surface area is 193 Å². The highest BCUT2D eigenvalue weighted by molar-refractivity contribution is 7.99. The van der Waals surface area contributed by atoms with E-state index in [1.54, 1.807) is 30.5 Å². The minimum Gasteiger partial charge on any atom is -0.612 e. The fourth-order valence-corrected chi connectivity index (χ4v) is 3.67. The van der Waals surface area contributed by atoms with Gasteiger partial charge in [0.05, 0.1) is 12.0 Å². The number of thioether (sulfide) groups is 1. The summed E-state index contributed by atoms with van der Waals surface area (Å²) in [6, 6.07) is 11.5. The SMILES string of the molecule is Cc1ccc(-n2c(SCC(=O)NNC=C3C=CC(=[N+]([O-])[O-])C=C3)nnc2-c2ccco2)cc1. The van der Waals surface area contributed by atoms with Gasteiger partial charge >= 0.3 is 0 Å². The molecule has 0 saturated carbocycles. The Morgan fingerprint density at radius 1 is 1.15 bits per heavy atom.